The van der Waals surface area contributed by atoms with Crippen LogP contribution in [0, 0.1) is 0 Å². The van der Waals surface area contributed by atoms with Crippen molar-refractivity contribution in [1.29, 1.82) is 0 Å². The second-order valence-corrected chi connectivity index (χ2v) is 5.37. The van der Waals surface area contributed by atoms with E-state index < -0.39 is 0 Å². The normalized spacial score (nSPS) is 14.7. The predicted molar refractivity (Wildman–Crippen MR) is 80.1 cm³/mol. The minimum Gasteiger partial charge on any atom is -0.390 e. The summed E-state index contributed by atoms with van der Waals surface area (Å²) in [6.07, 6.45) is 2.54. The summed E-state index contributed by atoms with van der Waals surface area (Å²) in [4.78, 5) is 13.7. The zero-order valence-electron chi connectivity index (χ0n) is 12.2. The molecule has 2 heterocycles. The molecule has 116 valence electrons. The maximum absolute atomic E-state index is 12.0. The van der Waals surface area contributed by atoms with Crippen molar-refractivity contribution in [3.8, 4) is 0 Å². The molecule has 22 heavy (non-hydrogen) atoms. The SMILES string of the molecule is O=C(NCCc1ccccc1)N1CC(n2cc(CO)nn2)C1. The molecule has 0 bridgehead atoms. The predicted octanol–water partition coefficient (Wildman–Crippen LogP) is 0.579. The standard InChI is InChI=1S/C15H19N5O2/c21-11-13-8-20(18-17-13)14-9-19(10-14)15(22)16-7-6-12-4-2-1-3-5-12/h1-5,8,14,21H,6-7,9-11H2,(H,16,22). The van der Waals surface area contributed by atoms with Crippen molar-refractivity contribution in [2.45, 2.75) is 19.1 Å². The molecule has 1 fully saturated rings. The molecular formula is C15H19N5O2. The highest BCUT2D eigenvalue weighted by Gasteiger charge is 2.32. The van der Waals surface area contributed by atoms with E-state index in [0.29, 0.717) is 25.3 Å². The van der Waals surface area contributed by atoms with Gasteiger partial charge < -0.3 is 15.3 Å². The van der Waals surface area contributed by atoms with E-state index in [0.717, 1.165) is 6.42 Å². The smallest absolute Gasteiger partial charge is 0.317 e. The van der Waals surface area contributed by atoms with Crippen LogP contribution in [0.5, 0.6) is 0 Å². The molecule has 1 saturated heterocycles. The molecule has 7 nitrogen and oxygen atoms in total. The fourth-order valence-corrected chi connectivity index (χ4v) is 2.42. The highest BCUT2D eigenvalue weighted by atomic mass is 16.3. The minimum atomic E-state index is -0.115. The summed E-state index contributed by atoms with van der Waals surface area (Å²) in [5.74, 6) is 0. The summed E-state index contributed by atoms with van der Waals surface area (Å²) in [5.41, 5.74) is 1.76. The Balaban J connectivity index is 1.40. The van der Waals surface area contributed by atoms with Crippen molar-refractivity contribution in [3.05, 3.63) is 47.8 Å². The number of hydrogen-bond donors (Lipinski definition) is 2. The third kappa shape index (κ3) is 3.25. The Morgan fingerprint density at radius 3 is 2.77 bits per heavy atom. The van der Waals surface area contributed by atoms with Crippen LogP contribution in [0.3, 0.4) is 0 Å². The molecule has 1 aliphatic heterocycles. The van der Waals surface area contributed by atoms with Gasteiger partial charge in [-0.15, -0.1) is 5.10 Å². The molecule has 2 aromatic rings. The van der Waals surface area contributed by atoms with Gasteiger partial charge in [0.2, 0.25) is 0 Å². The molecule has 2 amide bonds. The zero-order valence-corrected chi connectivity index (χ0v) is 12.2. The zero-order chi connectivity index (χ0) is 15.4. The van der Waals surface area contributed by atoms with Crippen LogP contribution in [0.1, 0.15) is 17.3 Å². The molecule has 0 radical (unpaired) electrons. The number of carbonyl (C=O) groups is 1. The molecule has 0 aliphatic carbocycles. The average Bonchev–Trinajstić information content (AvgIpc) is 2.95. The number of aliphatic hydroxyl groups is 1. The third-order valence-electron chi connectivity index (χ3n) is 3.78. The van der Waals surface area contributed by atoms with Crippen molar-refractivity contribution in [1.82, 2.24) is 25.2 Å². The summed E-state index contributed by atoms with van der Waals surface area (Å²) in [5, 5.41) is 19.7. The molecule has 0 saturated carbocycles. The van der Waals surface area contributed by atoms with Crippen molar-refractivity contribution in [2.24, 2.45) is 0 Å². The van der Waals surface area contributed by atoms with Crippen LogP contribution in [0.4, 0.5) is 4.79 Å². The Morgan fingerprint density at radius 1 is 1.32 bits per heavy atom. The average molecular weight is 301 g/mol. The van der Waals surface area contributed by atoms with Crippen molar-refractivity contribution >= 4 is 6.03 Å². The fraction of sp³-hybridized carbons (Fsp3) is 0.400. The number of rotatable bonds is 5. The van der Waals surface area contributed by atoms with Crippen molar-refractivity contribution < 1.29 is 9.90 Å². The molecular weight excluding hydrogens is 282 g/mol. The van der Waals surface area contributed by atoms with Gasteiger partial charge in [-0.1, -0.05) is 35.5 Å². The van der Waals surface area contributed by atoms with Gasteiger partial charge in [0, 0.05) is 19.6 Å². The van der Waals surface area contributed by atoms with E-state index in [2.05, 4.69) is 27.8 Å². The van der Waals surface area contributed by atoms with Crippen molar-refractivity contribution in [3.63, 3.8) is 0 Å². The van der Waals surface area contributed by atoms with Crippen LogP contribution < -0.4 is 5.32 Å². The Labute approximate surface area is 128 Å². The number of aliphatic hydroxyl groups excluding tert-OH is 1. The molecule has 0 spiro atoms. The highest BCUT2D eigenvalue weighted by Crippen LogP contribution is 2.20. The van der Waals surface area contributed by atoms with E-state index in [1.807, 2.05) is 18.2 Å². The summed E-state index contributed by atoms with van der Waals surface area (Å²) in [6.45, 7) is 1.75. The number of benzene rings is 1. The first kappa shape index (κ1) is 14.5. The molecule has 1 aromatic carbocycles. The van der Waals surface area contributed by atoms with Gasteiger partial charge in [0.1, 0.15) is 5.69 Å². The second kappa shape index (κ2) is 6.57. The van der Waals surface area contributed by atoms with Gasteiger partial charge in [-0.05, 0) is 12.0 Å². The maximum Gasteiger partial charge on any atom is 0.317 e. The van der Waals surface area contributed by atoms with Crippen LogP contribution in [-0.2, 0) is 13.0 Å². The lowest BCUT2D eigenvalue weighted by molar-refractivity contribution is 0.117. The number of aromatic nitrogens is 3. The third-order valence-corrected chi connectivity index (χ3v) is 3.78. The molecule has 2 N–H and O–H groups in total. The highest BCUT2D eigenvalue weighted by molar-refractivity contribution is 5.75. The lowest BCUT2D eigenvalue weighted by Crippen LogP contribution is -2.54. The van der Waals surface area contributed by atoms with Crippen LogP contribution in [-0.4, -0.2) is 50.7 Å². The van der Waals surface area contributed by atoms with Gasteiger partial charge >= 0.3 is 6.03 Å². The Kier molecular flexibility index (Phi) is 4.34. The number of carbonyl (C=O) groups excluding carboxylic acids is 1. The van der Waals surface area contributed by atoms with Crippen LogP contribution >= 0.6 is 0 Å². The Bertz CT molecular complexity index is 622. The van der Waals surface area contributed by atoms with Crippen LogP contribution in [0.2, 0.25) is 0 Å². The lowest BCUT2D eigenvalue weighted by Gasteiger charge is -2.38. The van der Waals surface area contributed by atoms with Gasteiger partial charge in [-0.2, -0.15) is 0 Å². The molecule has 7 heteroatoms. The van der Waals surface area contributed by atoms with Gasteiger partial charge in [0.15, 0.2) is 0 Å². The van der Waals surface area contributed by atoms with Gasteiger partial charge in [0.25, 0.3) is 0 Å². The summed E-state index contributed by atoms with van der Waals surface area (Å²) in [7, 11) is 0. The first-order valence-corrected chi connectivity index (χ1v) is 7.34. The van der Waals surface area contributed by atoms with Gasteiger partial charge in [-0.25, -0.2) is 9.48 Å². The van der Waals surface area contributed by atoms with E-state index in [1.165, 1.54) is 5.56 Å². The number of nitrogens with one attached hydrogen (secondary N) is 1. The maximum atomic E-state index is 12.0. The number of hydrogen-bond acceptors (Lipinski definition) is 4. The number of urea groups is 1. The topological polar surface area (TPSA) is 83.3 Å². The molecule has 0 atom stereocenters. The lowest BCUT2D eigenvalue weighted by atomic mass is 10.1. The van der Waals surface area contributed by atoms with Crippen LogP contribution in [0.15, 0.2) is 36.5 Å². The first-order valence-electron chi connectivity index (χ1n) is 7.34. The fourth-order valence-electron chi connectivity index (χ4n) is 2.42. The number of amides is 2. The minimum absolute atomic E-state index is 0.0466. The Morgan fingerprint density at radius 2 is 2.09 bits per heavy atom. The quantitative estimate of drug-likeness (QED) is 0.846. The molecule has 1 aliphatic rings. The number of likely N-dealkylation sites (tertiary alicyclic amines) is 1. The van der Waals surface area contributed by atoms with Crippen LogP contribution in [0.25, 0.3) is 0 Å². The molecule has 0 unspecified atom stereocenters. The van der Waals surface area contributed by atoms with Gasteiger partial charge in [-0.3, -0.25) is 0 Å². The second-order valence-electron chi connectivity index (χ2n) is 5.37. The van der Waals surface area contributed by atoms with E-state index in [1.54, 1.807) is 15.8 Å². The van der Waals surface area contributed by atoms with E-state index in [4.69, 9.17) is 5.11 Å². The summed E-state index contributed by atoms with van der Waals surface area (Å²) < 4.78 is 1.71. The molecule has 3 rings (SSSR count). The number of nitrogens with zero attached hydrogens (tertiary/aromatic N) is 4. The van der Waals surface area contributed by atoms with E-state index in [-0.39, 0.29) is 18.7 Å². The van der Waals surface area contributed by atoms with E-state index in [9.17, 15) is 4.79 Å². The first-order chi connectivity index (χ1) is 10.8. The Hall–Kier alpha value is -2.41. The van der Waals surface area contributed by atoms with Crippen molar-refractivity contribution in [2.75, 3.05) is 19.6 Å². The monoisotopic (exact) mass is 301 g/mol. The molecule has 1 aromatic heterocycles. The van der Waals surface area contributed by atoms with Gasteiger partial charge in [0.05, 0.1) is 18.8 Å². The summed E-state index contributed by atoms with van der Waals surface area (Å²) in [6, 6.07) is 10.2. The largest absolute Gasteiger partial charge is 0.390 e. The summed E-state index contributed by atoms with van der Waals surface area (Å²) >= 11 is 0. The van der Waals surface area contributed by atoms with E-state index >= 15 is 0 Å².